The summed E-state index contributed by atoms with van der Waals surface area (Å²) in [6, 6.07) is 0. The number of carbonyl (C=O) groups is 4. The van der Waals surface area contributed by atoms with E-state index in [1.165, 1.54) is 103 Å². The van der Waals surface area contributed by atoms with E-state index < -0.39 is 38.4 Å². The fourth-order valence-electron chi connectivity index (χ4n) is 7.79. The summed E-state index contributed by atoms with van der Waals surface area (Å²) in [6.45, 7) is 22.2. The first-order valence-corrected chi connectivity index (χ1v) is 41.5. The molecule has 0 aliphatic heterocycles. The molecular weight excluding hydrogens is 1010 g/mol. The van der Waals surface area contributed by atoms with Crippen molar-refractivity contribution in [1.29, 1.82) is 0 Å². The zero-order chi connectivity index (χ0) is 48.6. The topological polar surface area (TPSA) is 105 Å². The predicted octanol–water partition coefficient (Wildman–Crippen LogP) is 17.7. The Hall–Kier alpha value is -0.523. The number of hydrogen-bond donors (Lipinski definition) is 0. The standard InChI is InChI=1S/2C12H24O2.2C10H20O2.2C4H9.2CH3.2Sn/c2*1-2-3-4-5-6-7-8-9-10-11-12(13)14;2*1-10(2,3)8-6-4-5-7-9(11)12;2*1-3-4-2;;;;/h2*2-11H2,1H3,(H,13,14);2*4-8H2,1-3H3,(H,11,12);2*1,3-4H2,2H3;2*1H3;;/q;;;;;;;;2*+2/p-4. The third-order valence-corrected chi connectivity index (χ3v) is 25.6. The summed E-state index contributed by atoms with van der Waals surface area (Å²) in [7, 11) is 0. The molecule has 0 saturated heterocycles. The minimum absolute atomic E-state index is 0.109. The Labute approximate surface area is 408 Å². The molecule has 0 aromatic heterocycles. The van der Waals surface area contributed by atoms with E-state index in [0.29, 0.717) is 36.5 Å². The predicted molar refractivity (Wildman–Crippen MR) is 276 cm³/mol. The van der Waals surface area contributed by atoms with E-state index in [1.54, 1.807) is 0 Å². The van der Waals surface area contributed by atoms with Crippen molar-refractivity contribution in [1.82, 2.24) is 0 Å². The van der Waals surface area contributed by atoms with E-state index in [0.717, 1.165) is 98.8 Å². The first kappa shape index (κ1) is 65.6. The summed E-state index contributed by atoms with van der Waals surface area (Å²) in [5, 5.41) is 0. The molecule has 10 heteroatoms. The van der Waals surface area contributed by atoms with Crippen molar-refractivity contribution in [2.24, 2.45) is 10.8 Å². The smallest absolute Gasteiger partial charge is 0.0654 e. The van der Waals surface area contributed by atoms with Crippen molar-refractivity contribution in [3.05, 3.63) is 0 Å². The normalized spacial score (nSPS) is 12.1. The van der Waals surface area contributed by atoms with Gasteiger partial charge in [-0.25, -0.2) is 0 Å². The third kappa shape index (κ3) is 46.6. The molecule has 0 fully saturated rings. The molecule has 0 atom stereocenters. The van der Waals surface area contributed by atoms with E-state index in [9.17, 15) is 19.2 Å². The van der Waals surface area contributed by atoms with Gasteiger partial charge in [0.25, 0.3) is 0 Å². The van der Waals surface area contributed by atoms with Crippen molar-refractivity contribution in [3.8, 4) is 0 Å². The van der Waals surface area contributed by atoms with Crippen LogP contribution in [0, 0.1) is 10.8 Å². The van der Waals surface area contributed by atoms with Crippen LogP contribution in [0.3, 0.4) is 0 Å². The maximum atomic E-state index is 12.8. The molecule has 0 heterocycles. The molecule has 0 amide bonds. The van der Waals surface area contributed by atoms with Crippen LogP contribution in [-0.2, 0) is 31.5 Å². The Bertz CT molecular complexity index is 1060. The molecule has 0 rings (SSSR count). The van der Waals surface area contributed by atoms with Gasteiger partial charge in [-0.05, 0) is 0 Å². The van der Waals surface area contributed by atoms with Gasteiger partial charge in [0, 0.05) is 0 Å². The second-order valence-electron chi connectivity index (χ2n) is 21.8. The van der Waals surface area contributed by atoms with Crippen LogP contribution < -0.4 is 0 Å². The monoisotopic (exact) mass is 1120 g/mol. The first-order valence-electron chi connectivity index (χ1n) is 27.1. The van der Waals surface area contributed by atoms with E-state index in [2.05, 4.69) is 69.2 Å². The maximum absolute atomic E-state index is 12.8. The van der Waals surface area contributed by atoms with Crippen molar-refractivity contribution >= 4 is 62.3 Å². The van der Waals surface area contributed by atoms with Crippen LogP contribution in [0.5, 0.6) is 0 Å². The minimum Gasteiger partial charge on any atom is -0.0654 e. The van der Waals surface area contributed by atoms with Gasteiger partial charge in [0.2, 0.25) is 0 Å². The van der Waals surface area contributed by atoms with Crippen molar-refractivity contribution in [2.45, 2.75) is 306 Å². The van der Waals surface area contributed by atoms with E-state index in [1.807, 2.05) is 9.88 Å². The molecule has 0 aliphatic carbocycles. The van der Waals surface area contributed by atoms with E-state index in [-0.39, 0.29) is 23.9 Å². The van der Waals surface area contributed by atoms with Crippen LogP contribution in [0.4, 0.5) is 0 Å². The van der Waals surface area contributed by atoms with Gasteiger partial charge in [0.15, 0.2) is 0 Å². The van der Waals surface area contributed by atoms with Crippen LogP contribution in [-0.4, -0.2) is 62.3 Å². The molecule has 0 aromatic carbocycles. The Morgan fingerprint density at radius 2 is 0.562 bits per heavy atom. The van der Waals surface area contributed by atoms with Gasteiger partial charge in [0.1, 0.15) is 0 Å². The average Bonchev–Trinajstić information content (AvgIpc) is 3.19. The second kappa shape index (κ2) is 41.4. The van der Waals surface area contributed by atoms with Gasteiger partial charge in [-0.3, -0.25) is 0 Å². The Morgan fingerprint density at radius 3 is 0.828 bits per heavy atom. The summed E-state index contributed by atoms with van der Waals surface area (Å²) >= 11 is -7.27. The summed E-state index contributed by atoms with van der Waals surface area (Å²) < 4.78 is 25.2. The molecule has 8 nitrogen and oxygen atoms in total. The van der Waals surface area contributed by atoms with Gasteiger partial charge in [-0.15, -0.1) is 0 Å². The third-order valence-electron chi connectivity index (χ3n) is 11.7. The zero-order valence-electron chi connectivity index (χ0n) is 44.7. The summed E-state index contributed by atoms with van der Waals surface area (Å²) in [6.07, 6.45) is 36.4. The molecule has 0 N–H and O–H groups in total. The molecular formula is C54H108O8Sn2. The van der Waals surface area contributed by atoms with Crippen LogP contribution >= 0.6 is 0 Å². The van der Waals surface area contributed by atoms with Gasteiger partial charge in [-0.1, -0.05) is 13.8 Å². The molecule has 0 aliphatic rings. The van der Waals surface area contributed by atoms with Crippen molar-refractivity contribution < 1.29 is 31.5 Å². The quantitative estimate of drug-likeness (QED) is 0.0441. The summed E-state index contributed by atoms with van der Waals surface area (Å²) in [4.78, 5) is 53.4. The number of carbonyl (C=O) groups excluding carboxylic acids is 4. The van der Waals surface area contributed by atoms with Crippen molar-refractivity contribution in [2.75, 3.05) is 0 Å². The number of rotatable bonds is 40. The fraction of sp³-hybridized carbons (Fsp3) is 0.926. The SMILES string of the molecule is CC(C)(C)CCCCCC(=O)[O][Sn]([CH3])([CH3])[O]C(=O)CCCCCC(C)(C)C.CCCCCCCCCCCC(=O)[O][Sn]([CH2]CCC)([CH2]CCC)[O]C(=O)CCCCCCCCCCC. The molecule has 0 bridgehead atoms. The van der Waals surface area contributed by atoms with Crippen LogP contribution in [0.1, 0.15) is 288 Å². The zero-order valence-corrected chi connectivity index (χ0v) is 50.4. The molecule has 0 spiro atoms. The van der Waals surface area contributed by atoms with Gasteiger partial charge in [-0.2, -0.15) is 0 Å². The van der Waals surface area contributed by atoms with E-state index in [4.69, 9.17) is 12.3 Å². The Morgan fingerprint density at radius 1 is 0.328 bits per heavy atom. The van der Waals surface area contributed by atoms with Gasteiger partial charge < -0.3 is 0 Å². The van der Waals surface area contributed by atoms with Crippen LogP contribution in [0.15, 0.2) is 0 Å². The second-order valence-corrected chi connectivity index (χ2v) is 40.2. The number of hydrogen-bond acceptors (Lipinski definition) is 8. The molecule has 0 aromatic rings. The Balaban J connectivity index is 0. The fourth-order valence-corrected chi connectivity index (χ4v) is 21.7. The minimum atomic E-state index is -3.76. The molecule has 380 valence electrons. The molecule has 0 radical (unpaired) electrons. The molecule has 0 unspecified atom stereocenters. The Kier molecular flexibility index (Phi) is 42.5. The van der Waals surface area contributed by atoms with Crippen LogP contribution in [0.25, 0.3) is 0 Å². The summed E-state index contributed by atoms with van der Waals surface area (Å²) in [5.41, 5.74) is 0.694. The molecule has 0 saturated carbocycles. The van der Waals surface area contributed by atoms with Gasteiger partial charge >= 0.3 is 397 Å². The molecule has 64 heavy (non-hydrogen) atoms. The van der Waals surface area contributed by atoms with E-state index >= 15 is 0 Å². The number of unbranched alkanes of at least 4 members (excludes halogenated alkanes) is 22. The van der Waals surface area contributed by atoms with Crippen LogP contribution in [0.2, 0.25) is 18.8 Å². The first-order chi connectivity index (χ1) is 30.2. The summed E-state index contributed by atoms with van der Waals surface area (Å²) in [5.74, 6) is -0.627. The average molecular weight is 1120 g/mol. The van der Waals surface area contributed by atoms with Gasteiger partial charge in [0.05, 0.1) is 0 Å². The van der Waals surface area contributed by atoms with Crippen molar-refractivity contribution in [3.63, 3.8) is 0 Å².